The number of nitrogens with zero attached hydrogens (tertiary/aromatic N) is 5. The van der Waals surface area contributed by atoms with E-state index in [0.29, 0.717) is 19.0 Å². The molecule has 1 aromatic rings. The quantitative estimate of drug-likeness (QED) is 0.641. The molecule has 1 aliphatic heterocycles. The molecule has 0 aromatic carbocycles. The van der Waals surface area contributed by atoms with Gasteiger partial charge in [0.25, 0.3) is 0 Å². The lowest BCUT2D eigenvalue weighted by atomic mass is 9.90. The van der Waals surface area contributed by atoms with E-state index in [0.717, 1.165) is 63.5 Å². The fraction of sp³-hybridized carbons (Fsp3) is 0.840. The highest BCUT2D eigenvalue weighted by atomic mass is 16.3. The summed E-state index contributed by atoms with van der Waals surface area (Å²) in [5.74, 6) is 0.199. The van der Waals surface area contributed by atoms with Gasteiger partial charge >= 0.3 is 0 Å². The minimum Gasteiger partial charge on any atom is -0.393 e. The highest BCUT2D eigenvalue weighted by Gasteiger charge is 2.39. The van der Waals surface area contributed by atoms with Crippen molar-refractivity contribution in [2.45, 2.75) is 116 Å². The molecule has 33 heavy (non-hydrogen) atoms. The van der Waals surface area contributed by atoms with Gasteiger partial charge in [0.15, 0.2) is 0 Å². The van der Waals surface area contributed by atoms with Crippen molar-refractivity contribution in [2.75, 3.05) is 13.6 Å². The second kappa shape index (κ2) is 11.0. The Morgan fingerprint density at radius 3 is 2.55 bits per heavy atom. The molecule has 2 heterocycles. The fourth-order valence-electron chi connectivity index (χ4n) is 5.19. The Morgan fingerprint density at radius 2 is 1.91 bits per heavy atom. The van der Waals surface area contributed by atoms with Crippen LogP contribution in [0, 0.1) is 5.41 Å². The van der Waals surface area contributed by atoms with Crippen LogP contribution in [0.2, 0.25) is 0 Å². The van der Waals surface area contributed by atoms with Gasteiger partial charge in [-0.15, -0.1) is 5.10 Å². The van der Waals surface area contributed by atoms with E-state index in [1.54, 1.807) is 0 Å². The first-order valence-electron chi connectivity index (χ1n) is 12.7. The van der Waals surface area contributed by atoms with Gasteiger partial charge in [0.2, 0.25) is 11.8 Å². The van der Waals surface area contributed by atoms with E-state index in [9.17, 15) is 14.7 Å². The van der Waals surface area contributed by atoms with Crippen molar-refractivity contribution in [3.05, 3.63) is 11.9 Å². The second-order valence-corrected chi connectivity index (χ2v) is 11.3. The maximum absolute atomic E-state index is 13.3. The number of carbonyl (C=O) groups excluding carboxylic acids is 2. The van der Waals surface area contributed by atoms with E-state index >= 15 is 0 Å². The molecule has 1 N–H and O–H groups in total. The first-order chi connectivity index (χ1) is 15.5. The Morgan fingerprint density at radius 1 is 1.21 bits per heavy atom. The van der Waals surface area contributed by atoms with Crippen molar-refractivity contribution in [3.8, 4) is 0 Å². The molecule has 1 unspecified atom stereocenters. The van der Waals surface area contributed by atoms with Gasteiger partial charge in [-0.05, 0) is 70.1 Å². The molecular formula is C25H43N5O3. The van der Waals surface area contributed by atoms with Crippen LogP contribution >= 0.6 is 0 Å². The van der Waals surface area contributed by atoms with Crippen molar-refractivity contribution in [2.24, 2.45) is 5.41 Å². The summed E-state index contributed by atoms with van der Waals surface area (Å²) in [5, 5.41) is 18.1. The molecule has 2 aliphatic rings. The Hall–Kier alpha value is -1.96. The molecule has 1 saturated carbocycles. The molecule has 2 fully saturated rings. The van der Waals surface area contributed by atoms with E-state index in [-0.39, 0.29) is 35.4 Å². The van der Waals surface area contributed by atoms with Gasteiger partial charge < -0.3 is 14.9 Å². The highest BCUT2D eigenvalue weighted by molar-refractivity contribution is 5.88. The Kier molecular flexibility index (Phi) is 8.54. The Labute approximate surface area is 198 Å². The molecule has 1 saturated heterocycles. The molecule has 0 bridgehead atoms. The summed E-state index contributed by atoms with van der Waals surface area (Å²) in [6.45, 7) is 8.70. The summed E-state index contributed by atoms with van der Waals surface area (Å²) in [6, 6.07) is 0.226. The first-order valence-corrected chi connectivity index (χ1v) is 12.7. The van der Waals surface area contributed by atoms with Crippen LogP contribution in [0.25, 0.3) is 0 Å². The van der Waals surface area contributed by atoms with Crippen LogP contribution in [0.4, 0.5) is 0 Å². The van der Waals surface area contributed by atoms with Gasteiger partial charge in [-0.3, -0.25) is 9.59 Å². The summed E-state index contributed by atoms with van der Waals surface area (Å²) in [7, 11) is 1.91. The highest BCUT2D eigenvalue weighted by Crippen LogP contribution is 2.32. The maximum Gasteiger partial charge on any atom is 0.245 e. The molecule has 1 aromatic heterocycles. The van der Waals surface area contributed by atoms with Crippen molar-refractivity contribution >= 4 is 11.8 Å². The average molecular weight is 462 g/mol. The number of aliphatic hydroxyl groups is 1. The van der Waals surface area contributed by atoms with E-state index < -0.39 is 0 Å². The molecule has 8 nitrogen and oxygen atoms in total. The van der Waals surface area contributed by atoms with Crippen molar-refractivity contribution in [1.82, 2.24) is 24.8 Å². The zero-order valence-electron chi connectivity index (χ0n) is 21.2. The van der Waals surface area contributed by atoms with Crippen molar-refractivity contribution in [1.29, 1.82) is 0 Å². The van der Waals surface area contributed by atoms with E-state index in [2.05, 4.69) is 31.1 Å². The molecule has 1 aliphatic carbocycles. The van der Waals surface area contributed by atoms with E-state index in [1.807, 2.05) is 34.6 Å². The zero-order chi connectivity index (χ0) is 24.2. The zero-order valence-corrected chi connectivity index (χ0v) is 21.2. The molecule has 0 radical (unpaired) electrons. The van der Waals surface area contributed by atoms with Crippen LogP contribution in [-0.2, 0) is 16.0 Å². The summed E-state index contributed by atoms with van der Waals surface area (Å²) in [6.07, 6.45) is 10.2. The number of aryl methyl sites for hydroxylation is 1. The van der Waals surface area contributed by atoms with Gasteiger partial charge in [-0.2, -0.15) is 0 Å². The lowest BCUT2D eigenvalue weighted by Crippen LogP contribution is -2.50. The van der Waals surface area contributed by atoms with E-state index in [1.165, 1.54) is 0 Å². The summed E-state index contributed by atoms with van der Waals surface area (Å²) in [4.78, 5) is 29.9. The summed E-state index contributed by atoms with van der Waals surface area (Å²) in [5.41, 5.74) is 0.905. The minimum atomic E-state index is -0.304. The number of aliphatic hydroxyl groups excluding tert-OH is 1. The number of hydrogen-bond donors (Lipinski definition) is 1. The van der Waals surface area contributed by atoms with Gasteiger partial charge in [-0.1, -0.05) is 26.0 Å². The molecule has 2 amide bonds. The van der Waals surface area contributed by atoms with Gasteiger partial charge in [0, 0.05) is 32.3 Å². The molecule has 8 heteroatoms. The van der Waals surface area contributed by atoms with E-state index in [4.69, 9.17) is 0 Å². The third-order valence-corrected chi connectivity index (χ3v) is 7.09. The standard InChI is InChI=1S/C25H43N5O3/c1-18(31)8-6-9-19-17-30(27-26-19)21-13-11-20(12-14-21)28(5)24(33)22-10-7-15-29(22)23(32)16-25(2,3)4/h17-18,20-22,31H,6-16H2,1-5H3/t18-,20?,21?,22?/m1/s1. The molecule has 2 atom stereocenters. The first kappa shape index (κ1) is 25.7. The van der Waals surface area contributed by atoms with Crippen LogP contribution in [0.3, 0.4) is 0 Å². The second-order valence-electron chi connectivity index (χ2n) is 11.3. The third kappa shape index (κ3) is 7.01. The predicted octanol–water partition coefficient (Wildman–Crippen LogP) is 3.35. The fourth-order valence-corrected chi connectivity index (χ4v) is 5.19. The predicted molar refractivity (Wildman–Crippen MR) is 128 cm³/mol. The SMILES string of the molecule is C[C@@H](O)CCCc1cn(C2CCC(N(C)C(=O)C3CCCN3C(=O)CC(C)(C)C)CC2)nn1. The van der Waals surface area contributed by atoms with Gasteiger partial charge in [0.05, 0.1) is 17.8 Å². The summed E-state index contributed by atoms with van der Waals surface area (Å²) >= 11 is 0. The largest absolute Gasteiger partial charge is 0.393 e. The van der Waals surface area contributed by atoms with Crippen LogP contribution in [0.1, 0.15) is 97.2 Å². The number of rotatable bonds is 8. The van der Waals surface area contributed by atoms with Crippen LogP contribution in [-0.4, -0.2) is 73.5 Å². The number of carbonyl (C=O) groups is 2. The van der Waals surface area contributed by atoms with Crippen LogP contribution in [0.5, 0.6) is 0 Å². The monoisotopic (exact) mass is 461 g/mol. The normalized spacial score (nSPS) is 24.7. The lowest BCUT2D eigenvalue weighted by molar-refractivity contribution is -0.145. The number of aromatic nitrogens is 3. The van der Waals surface area contributed by atoms with Crippen LogP contribution < -0.4 is 0 Å². The van der Waals surface area contributed by atoms with Crippen LogP contribution in [0.15, 0.2) is 6.20 Å². The number of likely N-dealkylation sites (tertiary alicyclic amines) is 1. The maximum atomic E-state index is 13.3. The molecule has 186 valence electrons. The number of hydrogen-bond acceptors (Lipinski definition) is 5. The van der Waals surface area contributed by atoms with Crippen molar-refractivity contribution in [3.63, 3.8) is 0 Å². The van der Waals surface area contributed by atoms with Crippen molar-refractivity contribution < 1.29 is 14.7 Å². The molecule has 3 rings (SSSR count). The Bertz CT molecular complexity index is 792. The Balaban J connectivity index is 1.50. The minimum absolute atomic E-state index is 0.0734. The summed E-state index contributed by atoms with van der Waals surface area (Å²) < 4.78 is 1.99. The van der Waals surface area contributed by atoms with Gasteiger partial charge in [-0.25, -0.2) is 4.68 Å². The topological polar surface area (TPSA) is 91.6 Å². The number of amides is 2. The number of likely N-dealkylation sites (N-methyl/N-ethyl adjacent to an activating group) is 1. The smallest absolute Gasteiger partial charge is 0.245 e. The molecular weight excluding hydrogens is 418 g/mol. The van der Waals surface area contributed by atoms with Gasteiger partial charge in [0.1, 0.15) is 6.04 Å². The third-order valence-electron chi connectivity index (χ3n) is 7.09. The average Bonchev–Trinajstić information content (AvgIpc) is 3.41. The lowest BCUT2D eigenvalue weighted by Gasteiger charge is -2.37. The molecule has 0 spiro atoms.